The van der Waals surface area contributed by atoms with Crippen molar-refractivity contribution in [2.45, 2.75) is 49.1 Å². The number of carbonyl (C=O) groups is 1. The van der Waals surface area contributed by atoms with Gasteiger partial charge in [-0.25, -0.2) is 4.98 Å². The monoisotopic (exact) mass is 464 g/mol. The Labute approximate surface area is 185 Å². The molecule has 3 heterocycles. The Morgan fingerprint density at radius 1 is 1.19 bits per heavy atom. The summed E-state index contributed by atoms with van der Waals surface area (Å²) >= 11 is 6.07. The van der Waals surface area contributed by atoms with Crippen LogP contribution in [0.1, 0.15) is 54.2 Å². The summed E-state index contributed by atoms with van der Waals surface area (Å²) in [6, 6.07) is 7.10. The van der Waals surface area contributed by atoms with Crippen molar-refractivity contribution < 1.29 is 22.4 Å². The molecule has 0 bridgehead atoms. The van der Waals surface area contributed by atoms with E-state index in [4.69, 9.17) is 11.6 Å². The lowest BCUT2D eigenvalue weighted by Crippen LogP contribution is -2.47. The fraction of sp³-hybridized carbons (Fsp3) is 0.409. The number of rotatable bonds is 3. The second-order valence-corrected chi connectivity index (χ2v) is 9.29. The number of halogens is 5. The molecule has 2 aliphatic carbocycles. The topological polar surface area (TPSA) is 50.5 Å². The minimum atomic E-state index is -4.48. The van der Waals surface area contributed by atoms with E-state index in [2.05, 4.69) is 10.1 Å². The van der Waals surface area contributed by atoms with Crippen LogP contribution in [-0.4, -0.2) is 33.2 Å². The molecule has 0 N–H and O–H groups in total. The number of nitrogens with zero attached hydrogens (tertiary/aromatic N) is 4. The summed E-state index contributed by atoms with van der Waals surface area (Å²) in [4.78, 5) is 18.0. The maximum Gasteiger partial charge on any atom is 0.406 e. The number of aromatic nitrogens is 3. The van der Waals surface area contributed by atoms with Gasteiger partial charge in [-0.05, 0) is 54.4 Å². The van der Waals surface area contributed by atoms with E-state index in [9.17, 15) is 22.4 Å². The Morgan fingerprint density at radius 3 is 2.66 bits per heavy atom. The fourth-order valence-electron chi connectivity index (χ4n) is 5.35. The first-order valence-electron chi connectivity index (χ1n) is 10.4. The number of fused-ring (bicyclic) bond motifs is 3. The van der Waals surface area contributed by atoms with Gasteiger partial charge in [-0.2, -0.15) is 27.2 Å². The Balaban J connectivity index is 1.37. The van der Waals surface area contributed by atoms with E-state index in [-0.39, 0.29) is 17.0 Å². The van der Waals surface area contributed by atoms with Crippen molar-refractivity contribution >= 4 is 28.8 Å². The van der Waals surface area contributed by atoms with E-state index in [1.165, 1.54) is 0 Å². The molecule has 0 unspecified atom stereocenters. The van der Waals surface area contributed by atoms with Crippen LogP contribution in [0, 0.1) is 5.95 Å². The zero-order valence-corrected chi connectivity index (χ0v) is 17.4. The number of amides is 1. The quantitative estimate of drug-likeness (QED) is 0.505. The molecular weight excluding hydrogens is 448 g/mol. The van der Waals surface area contributed by atoms with E-state index in [1.807, 2.05) is 12.1 Å². The van der Waals surface area contributed by atoms with E-state index >= 15 is 0 Å². The number of carbonyl (C=O) groups excluding carboxylic acids is 1. The fourth-order valence-corrected chi connectivity index (χ4v) is 5.55. The minimum Gasteiger partial charge on any atom is -0.302 e. The van der Waals surface area contributed by atoms with Gasteiger partial charge in [0, 0.05) is 11.3 Å². The van der Waals surface area contributed by atoms with Crippen molar-refractivity contribution in [3.63, 3.8) is 0 Å². The van der Waals surface area contributed by atoms with Gasteiger partial charge in [0.15, 0.2) is 10.8 Å². The van der Waals surface area contributed by atoms with Gasteiger partial charge in [0.05, 0.1) is 11.6 Å². The third-order valence-electron chi connectivity index (χ3n) is 7.07. The number of hydrogen-bond donors (Lipinski definition) is 0. The van der Waals surface area contributed by atoms with Crippen molar-refractivity contribution in [3.8, 4) is 0 Å². The van der Waals surface area contributed by atoms with Crippen LogP contribution >= 0.6 is 11.6 Å². The highest BCUT2D eigenvalue weighted by atomic mass is 35.5. The molecule has 1 spiro atoms. The van der Waals surface area contributed by atoms with Crippen LogP contribution in [0.5, 0.6) is 0 Å². The lowest BCUT2D eigenvalue weighted by Gasteiger charge is -2.37. The van der Waals surface area contributed by atoms with Gasteiger partial charge in [0.2, 0.25) is 11.9 Å². The van der Waals surface area contributed by atoms with Crippen molar-refractivity contribution in [1.82, 2.24) is 14.6 Å². The summed E-state index contributed by atoms with van der Waals surface area (Å²) in [5, 5.41) is 4.07. The van der Waals surface area contributed by atoms with Crippen LogP contribution in [0.2, 0.25) is 5.15 Å². The molecule has 2 fully saturated rings. The maximum absolute atomic E-state index is 13.9. The van der Waals surface area contributed by atoms with Crippen LogP contribution < -0.4 is 4.90 Å². The summed E-state index contributed by atoms with van der Waals surface area (Å²) in [7, 11) is 0. The van der Waals surface area contributed by atoms with Gasteiger partial charge in [0.25, 0.3) is 0 Å². The smallest absolute Gasteiger partial charge is 0.302 e. The van der Waals surface area contributed by atoms with Crippen molar-refractivity contribution in [3.05, 3.63) is 58.3 Å². The molecule has 3 aliphatic rings. The minimum absolute atomic E-state index is 0.0105. The van der Waals surface area contributed by atoms with Gasteiger partial charge in [-0.1, -0.05) is 30.2 Å². The predicted molar refractivity (Wildman–Crippen MR) is 108 cm³/mol. The van der Waals surface area contributed by atoms with E-state index in [0.29, 0.717) is 29.7 Å². The standard InChI is InChI=1S/C22H17ClF4N4O/c23-17-8-14(19-28-9-18(24)31(19)29-17)13-7-12(13)11-2-3-15-16(6-11)30(10-22(25,26)27)20(32)21(15)4-1-5-21/h2-3,6,8-9,12-13H,1,4-5,7,10H2/t12-,13+/m1/s1. The maximum atomic E-state index is 13.9. The lowest BCUT2D eigenvalue weighted by atomic mass is 9.65. The molecular formula is C22H17ClF4N4O. The zero-order valence-electron chi connectivity index (χ0n) is 16.7. The molecule has 3 aromatic rings. The van der Waals surface area contributed by atoms with Crippen molar-refractivity contribution in [1.29, 1.82) is 0 Å². The number of benzene rings is 1. The van der Waals surface area contributed by atoms with Crippen LogP contribution in [0.15, 0.2) is 30.5 Å². The Kier molecular flexibility index (Phi) is 4.01. The Hall–Kier alpha value is -2.68. The van der Waals surface area contributed by atoms with E-state index in [1.54, 1.807) is 12.1 Å². The number of hydrogen-bond acceptors (Lipinski definition) is 3. The summed E-state index contributed by atoms with van der Waals surface area (Å²) in [6.07, 6.45) is -0.689. The van der Waals surface area contributed by atoms with Gasteiger partial charge >= 0.3 is 6.18 Å². The average molecular weight is 465 g/mol. The highest BCUT2D eigenvalue weighted by Gasteiger charge is 2.56. The third kappa shape index (κ3) is 2.79. The molecule has 5 nitrogen and oxygen atoms in total. The summed E-state index contributed by atoms with van der Waals surface area (Å²) in [6.45, 7) is -1.29. The first-order chi connectivity index (χ1) is 15.2. The molecule has 10 heteroatoms. The highest BCUT2D eigenvalue weighted by molar-refractivity contribution is 6.29. The number of alkyl halides is 3. The van der Waals surface area contributed by atoms with Crippen LogP contribution in [0.25, 0.3) is 5.65 Å². The average Bonchev–Trinajstić information content (AvgIpc) is 3.35. The number of imidazole rings is 1. The van der Waals surface area contributed by atoms with Gasteiger partial charge in [-0.3, -0.25) is 4.79 Å². The second-order valence-electron chi connectivity index (χ2n) is 8.91. The first kappa shape index (κ1) is 20.0. The molecule has 1 aromatic carbocycles. The Morgan fingerprint density at radius 2 is 1.97 bits per heavy atom. The third-order valence-corrected chi connectivity index (χ3v) is 7.25. The summed E-state index contributed by atoms with van der Waals surface area (Å²) in [5.41, 5.74) is 2.23. The van der Waals surface area contributed by atoms with Crippen LogP contribution in [-0.2, 0) is 10.2 Å². The highest BCUT2D eigenvalue weighted by Crippen LogP contribution is 2.59. The molecule has 1 aliphatic heterocycles. The SMILES string of the molecule is O=C1N(CC(F)(F)F)c2cc([C@H]3C[C@@H]3c3cc(Cl)nn4c(F)cnc34)ccc2C12CCC2. The van der Waals surface area contributed by atoms with E-state index < -0.39 is 30.0 Å². The van der Waals surface area contributed by atoms with Crippen molar-refractivity contribution in [2.75, 3.05) is 11.4 Å². The molecule has 2 saturated carbocycles. The molecule has 1 amide bonds. The summed E-state index contributed by atoms with van der Waals surface area (Å²) in [5.74, 6) is -1.06. The predicted octanol–water partition coefficient (Wildman–Crippen LogP) is 5.12. The van der Waals surface area contributed by atoms with Crippen molar-refractivity contribution in [2.24, 2.45) is 0 Å². The molecule has 6 rings (SSSR count). The van der Waals surface area contributed by atoms with Crippen LogP contribution in [0.3, 0.4) is 0 Å². The normalized spacial score (nSPS) is 23.7. The van der Waals surface area contributed by atoms with Gasteiger partial charge < -0.3 is 4.90 Å². The lowest BCUT2D eigenvalue weighted by molar-refractivity contribution is -0.136. The van der Waals surface area contributed by atoms with E-state index in [0.717, 1.165) is 39.6 Å². The second kappa shape index (κ2) is 6.43. The molecule has 32 heavy (non-hydrogen) atoms. The number of anilines is 1. The molecule has 0 radical (unpaired) electrons. The largest absolute Gasteiger partial charge is 0.406 e. The van der Waals surface area contributed by atoms with Gasteiger partial charge in [0.1, 0.15) is 6.54 Å². The molecule has 0 saturated heterocycles. The molecule has 2 atom stereocenters. The van der Waals surface area contributed by atoms with Crippen LogP contribution in [0.4, 0.5) is 23.2 Å². The molecule has 166 valence electrons. The molecule has 2 aromatic heterocycles. The Bertz CT molecular complexity index is 1280. The van der Waals surface area contributed by atoms with Gasteiger partial charge in [-0.15, -0.1) is 0 Å². The first-order valence-corrected chi connectivity index (χ1v) is 10.8. The summed E-state index contributed by atoms with van der Waals surface area (Å²) < 4.78 is 54.7. The zero-order chi connectivity index (χ0) is 22.4.